The van der Waals surface area contributed by atoms with Gasteiger partial charge in [-0.1, -0.05) is 53.6 Å². The van der Waals surface area contributed by atoms with E-state index < -0.39 is 0 Å². The number of hydrogen-bond donors (Lipinski definition) is 0. The van der Waals surface area contributed by atoms with Crippen molar-refractivity contribution in [3.05, 3.63) is 105 Å². The van der Waals surface area contributed by atoms with Crippen molar-refractivity contribution in [2.24, 2.45) is 0 Å². The SMILES string of the molecule is COc1ccccc1Cn1cnc2c3cc(C)ccc3n(Cc3ccc(Cl)cc3)c2c1=O. The maximum Gasteiger partial charge on any atom is 0.278 e. The highest BCUT2D eigenvalue weighted by Crippen LogP contribution is 2.28. The zero-order valence-electron chi connectivity index (χ0n) is 17.9. The normalized spacial score (nSPS) is 11.3. The lowest BCUT2D eigenvalue weighted by molar-refractivity contribution is 0.408. The van der Waals surface area contributed by atoms with Gasteiger partial charge in [-0.15, -0.1) is 0 Å². The highest BCUT2D eigenvalue weighted by atomic mass is 35.5. The molecule has 0 N–H and O–H groups in total. The quantitative estimate of drug-likeness (QED) is 0.364. The van der Waals surface area contributed by atoms with E-state index in [9.17, 15) is 4.79 Å². The summed E-state index contributed by atoms with van der Waals surface area (Å²) in [7, 11) is 1.63. The van der Waals surface area contributed by atoms with E-state index in [1.54, 1.807) is 18.0 Å². The monoisotopic (exact) mass is 443 g/mol. The van der Waals surface area contributed by atoms with Gasteiger partial charge in [0.05, 0.1) is 25.5 Å². The zero-order chi connectivity index (χ0) is 22.2. The molecule has 0 amide bonds. The molecule has 3 aromatic carbocycles. The molecule has 0 aliphatic heterocycles. The highest BCUT2D eigenvalue weighted by molar-refractivity contribution is 6.30. The van der Waals surface area contributed by atoms with Crippen LogP contribution in [0.3, 0.4) is 0 Å². The number of aryl methyl sites for hydroxylation is 1. The molecule has 0 saturated heterocycles. The van der Waals surface area contributed by atoms with Gasteiger partial charge in [-0.2, -0.15) is 0 Å². The van der Waals surface area contributed by atoms with Gasteiger partial charge in [0.1, 0.15) is 16.8 Å². The van der Waals surface area contributed by atoms with Gasteiger partial charge in [0.15, 0.2) is 0 Å². The predicted octanol–water partition coefficient (Wildman–Crippen LogP) is 5.42. The van der Waals surface area contributed by atoms with Gasteiger partial charge >= 0.3 is 0 Å². The molecule has 0 saturated carbocycles. The lowest BCUT2D eigenvalue weighted by atomic mass is 10.1. The molecule has 6 heteroatoms. The predicted molar refractivity (Wildman–Crippen MR) is 129 cm³/mol. The summed E-state index contributed by atoms with van der Waals surface area (Å²) in [5, 5.41) is 1.67. The summed E-state index contributed by atoms with van der Waals surface area (Å²) in [6, 6.07) is 21.6. The van der Waals surface area contributed by atoms with E-state index in [0.29, 0.717) is 23.6 Å². The molecular formula is C26H22ClN3O2. The molecule has 0 fully saturated rings. The second kappa shape index (κ2) is 8.17. The van der Waals surface area contributed by atoms with E-state index in [4.69, 9.17) is 21.3 Å². The number of nitrogens with zero attached hydrogens (tertiary/aromatic N) is 3. The van der Waals surface area contributed by atoms with E-state index in [1.165, 1.54) is 0 Å². The Hall–Kier alpha value is -3.57. The van der Waals surface area contributed by atoms with Crippen LogP contribution in [-0.2, 0) is 13.1 Å². The van der Waals surface area contributed by atoms with Crippen molar-refractivity contribution >= 4 is 33.5 Å². The van der Waals surface area contributed by atoms with Crippen molar-refractivity contribution in [3.63, 3.8) is 0 Å². The summed E-state index contributed by atoms with van der Waals surface area (Å²) in [6.45, 7) is 2.98. The minimum absolute atomic E-state index is 0.0799. The Kier molecular flexibility index (Phi) is 5.19. The van der Waals surface area contributed by atoms with Crippen LogP contribution < -0.4 is 10.3 Å². The van der Waals surface area contributed by atoms with E-state index in [-0.39, 0.29) is 5.56 Å². The lowest BCUT2D eigenvalue weighted by Crippen LogP contribution is -2.23. The van der Waals surface area contributed by atoms with Gasteiger partial charge < -0.3 is 9.30 Å². The average molecular weight is 444 g/mol. The molecule has 2 heterocycles. The average Bonchev–Trinajstić information content (AvgIpc) is 3.10. The Morgan fingerprint density at radius 2 is 1.78 bits per heavy atom. The zero-order valence-corrected chi connectivity index (χ0v) is 18.6. The third-order valence-corrected chi connectivity index (χ3v) is 6.02. The maximum atomic E-state index is 13.7. The Morgan fingerprint density at radius 1 is 1.00 bits per heavy atom. The number of para-hydroxylation sites is 1. The molecule has 0 bridgehead atoms. The molecule has 0 atom stereocenters. The van der Waals surface area contributed by atoms with Gasteiger partial charge in [-0.3, -0.25) is 9.36 Å². The van der Waals surface area contributed by atoms with Crippen LogP contribution in [-0.4, -0.2) is 21.2 Å². The second-order valence-corrected chi connectivity index (χ2v) is 8.36. The summed E-state index contributed by atoms with van der Waals surface area (Å²) in [5.41, 5.74) is 5.34. The summed E-state index contributed by atoms with van der Waals surface area (Å²) < 4.78 is 9.17. The summed E-state index contributed by atoms with van der Waals surface area (Å²) >= 11 is 6.07. The summed E-state index contributed by atoms with van der Waals surface area (Å²) in [4.78, 5) is 18.4. The first-order valence-electron chi connectivity index (χ1n) is 10.4. The van der Waals surface area contributed by atoms with Crippen LogP contribution in [0.15, 0.2) is 77.9 Å². The molecular weight excluding hydrogens is 422 g/mol. The molecule has 0 spiro atoms. The fraction of sp³-hybridized carbons (Fsp3) is 0.154. The molecule has 32 heavy (non-hydrogen) atoms. The van der Waals surface area contributed by atoms with Crippen LogP contribution in [0.4, 0.5) is 0 Å². The summed E-state index contributed by atoms with van der Waals surface area (Å²) in [5.74, 6) is 0.747. The molecule has 0 radical (unpaired) electrons. The van der Waals surface area contributed by atoms with Crippen molar-refractivity contribution in [1.82, 2.24) is 14.1 Å². The van der Waals surface area contributed by atoms with Crippen LogP contribution in [0.25, 0.3) is 21.9 Å². The first-order chi connectivity index (χ1) is 15.5. The first kappa shape index (κ1) is 20.3. The van der Waals surface area contributed by atoms with Crippen LogP contribution in [0.5, 0.6) is 5.75 Å². The largest absolute Gasteiger partial charge is 0.496 e. The van der Waals surface area contributed by atoms with Crippen LogP contribution in [0.2, 0.25) is 5.02 Å². The number of ether oxygens (including phenoxy) is 1. The third-order valence-electron chi connectivity index (χ3n) is 5.77. The second-order valence-electron chi connectivity index (χ2n) is 7.92. The van der Waals surface area contributed by atoms with Crippen molar-refractivity contribution in [2.75, 3.05) is 7.11 Å². The fourth-order valence-electron chi connectivity index (χ4n) is 4.18. The maximum absolute atomic E-state index is 13.7. The van der Waals surface area contributed by atoms with Crippen LogP contribution in [0, 0.1) is 6.92 Å². The van der Waals surface area contributed by atoms with E-state index in [0.717, 1.165) is 38.9 Å². The molecule has 0 aliphatic carbocycles. The number of fused-ring (bicyclic) bond motifs is 3. The Bertz CT molecular complexity index is 1500. The Morgan fingerprint density at radius 3 is 2.56 bits per heavy atom. The van der Waals surface area contributed by atoms with E-state index >= 15 is 0 Å². The molecule has 0 unspecified atom stereocenters. The van der Waals surface area contributed by atoms with Crippen molar-refractivity contribution < 1.29 is 4.74 Å². The van der Waals surface area contributed by atoms with Gasteiger partial charge in [-0.25, -0.2) is 4.98 Å². The number of rotatable bonds is 5. The lowest BCUT2D eigenvalue weighted by Gasteiger charge is -2.11. The number of methoxy groups -OCH3 is 1. The summed E-state index contributed by atoms with van der Waals surface area (Å²) in [6.07, 6.45) is 1.63. The van der Waals surface area contributed by atoms with Crippen molar-refractivity contribution in [3.8, 4) is 5.75 Å². The topological polar surface area (TPSA) is 49.0 Å². The van der Waals surface area contributed by atoms with Gasteiger partial charge in [-0.05, 0) is 42.8 Å². The Labute approximate surface area is 190 Å². The first-order valence-corrected chi connectivity index (χ1v) is 10.8. The minimum Gasteiger partial charge on any atom is -0.496 e. The molecule has 5 nitrogen and oxygen atoms in total. The van der Waals surface area contributed by atoms with E-state index in [2.05, 4.69) is 22.8 Å². The molecule has 5 rings (SSSR count). The highest BCUT2D eigenvalue weighted by Gasteiger charge is 2.17. The van der Waals surface area contributed by atoms with Gasteiger partial charge in [0.25, 0.3) is 5.56 Å². The van der Waals surface area contributed by atoms with Crippen LogP contribution in [0.1, 0.15) is 16.7 Å². The van der Waals surface area contributed by atoms with E-state index in [1.807, 2.05) is 55.5 Å². The molecule has 5 aromatic rings. The number of benzene rings is 3. The number of hydrogen-bond acceptors (Lipinski definition) is 3. The van der Waals surface area contributed by atoms with Crippen LogP contribution >= 0.6 is 11.6 Å². The van der Waals surface area contributed by atoms with Crippen molar-refractivity contribution in [2.45, 2.75) is 20.0 Å². The number of aromatic nitrogens is 3. The fourth-order valence-corrected chi connectivity index (χ4v) is 4.31. The number of halogens is 1. The van der Waals surface area contributed by atoms with Gasteiger partial charge in [0, 0.05) is 22.5 Å². The van der Waals surface area contributed by atoms with Gasteiger partial charge in [0.2, 0.25) is 0 Å². The van der Waals surface area contributed by atoms with Crippen molar-refractivity contribution in [1.29, 1.82) is 0 Å². The standard InChI is InChI=1S/C26H22ClN3O2/c1-17-7-12-22-21(13-17)24-25(30(22)14-18-8-10-20(27)11-9-18)26(31)29(16-28-24)15-19-5-3-4-6-23(19)32-2/h3-13,16H,14-15H2,1-2H3. The third kappa shape index (κ3) is 3.55. The molecule has 160 valence electrons. The smallest absolute Gasteiger partial charge is 0.278 e. The minimum atomic E-state index is -0.0799. The Balaban J connectivity index is 1.71. The molecule has 0 aliphatic rings. The molecule has 2 aromatic heterocycles.